The van der Waals surface area contributed by atoms with E-state index in [9.17, 15) is 14.7 Å². The number of carboxylic acids is 1. The number of carbonyl (C=O) groups is 2. The highest BCUT2D eigenvalue weighted by Crippen LogP contribution is 2.33. The number of ether oxygens (including phenoxy) is 1. The van der Waals surface area contributed by atoms with Crippen LogP contribution in [0.1, 0.15) is 44.6 Å². The van der Waals surface area contributed by atoms with Crippen LogP contribution in [0.15, 0.2) is 30.5 Å². The predicted octanol–water partition coefficient (Wildman–Crippen LogP) is 4.25. The van der Waals surface area contributed by atoms with E-state index in [2.05, 4.69) is 13.8 Å². The summed E-state index contributed by atoms with van der Waals surface area (Å²) in [7, 11) is 1.32. The zero-order valence-electron chi connectivity index (χ0n) is 13.8. The molecule has 1 aromatic heterocycles. The minimum atomic E-state index is -0.857. The molecule has 23 heavy (non-hydrogen) atoms. The maximum atomic E-state index is 12.0. The molecule has 1 atom stereocenters. The number of methoxy groups -OCH3 is 1. The number of hydrogen-bond acceptors (Lipinski definition) is 3. The second kappa shape index (κ2) is 7.31. The van der Waals surface area contributed by atoms with Gasteiger partial charge in [-0.2, -0.15) is 0 Å². The minimum Gasteiger partial charge on any atom is -0.481 e. The lowest BCUT2D eigenvalue weighted by Crippen LogP contribution is -2.16. The largest absolute Gasteiger partial charge is 0.481 e. The summed E-state index contributed by atoms with van der Waals surface area (Å²) in [5, 5.41) is 10.5. The summed E-state index contributed by atoms with van der Waals surface area (Å²) in [5.41, 5.74) is 1.34. The van der Waals surface area contributed by atoms with Crippen LogP contribution >= 0.6 is 0 Å². The Kier molecular flexibility index (Phi) is 5.42. The molecule has 1 heterocycles. The Bertz CT molecular complexity index is 700. The Morgan fingerprint density at radius 2 is 1.87 bits per heavy atom. The summed E-state index contributed by atoms with van der Waals surface area (Å²) in [4.78, 5) is 23.8. The zero-order chi connectivity index (χ0) is 17.0. The van der Waals surface area contributed by atoms with Gasteiger partial charge in [0.2, 0.25) is 0 Å². The van der Waals surface area contributed by atoms with Crippen molar-refractivity contribution in [3.63, 3.8) is 0 Å². The maximum Gasteiger partial charge on any atom is 0.418 e. The van der Waals surface area contributed by atoms with Gasteiger partial charge in [-0.05, 0) is 24.0 Å². The van der Waals surface area contributed by atoms with Gasteiger partial charge in [-0.15, -0.1) is 0 Å². The fraction of sp³-hybridized carbons (Fsp3) is 0.444. The molecule has 0 aliphatic rings. The van der Waals surface area contributed by atoms with E-state index in [4.69, 9.17) is 4.74 Å². The molecular formula is C18H23NO4. The van der Waals surface area contributed by atoms with Gasteiger partial charge >= 0.3 is 12.1 Å². The Hall–Kier alpha value is -2.30. The third-order valence-corrected chi connectivity index (χ3v) is 4.51. The predicted molar refractivity (Wildman–Crippen MR) is 88.8 cm³/mol. The van der Waals surface area contributed by atoms with Crippen LogP contribution in [0.25, 0.3) is 10.9 Å². The number of benzene rings is 1. The van der Waals surface area contributed by atoms with Crippen molar-refractivity contribution in [1.82, 2.24) is 4.57 Å². The lowest BCUT2D eigenvalue weighted by molar-refractivity contribution is -0.139. The first-order chi connectivity index (χ1) is 11.0. The van der Waals surface area contributed by atoms with Crippen molar-refractivity contribution in [1.29, 1.82) is 0 Å². The van der Waals surface area contributed by atoms with Gasteiger partial charge in [0, 0.05) is 11.6 Å². The highest BCUT2D eigenvalue weighted by Gasteiger charge is 2.27. The lowest BCUT2D eigenvalue weighted by atomic mass is 9.86. The molecular weight excluding hydrogens is 294 g/mol. The monoisotopic (exact) mass is 317 g/mol. The number of fused-ring (bicyclic) bond motifs is 1. The Labute approximate surface area is 135 Å². The molecule has 0 bridgehead atoms. The van der Waals surface area contributed by atoms with E-state index in [0.29, 0.717) is 23.4 Å². The molecule has 1 N–H and O–H groups in total. The first-order valence-electron chi connectivity index (χ1n) is 7.94. The van der Waals surface area contributed by atoms with Crippen LogP contribution in [-0.2, 0) is 9.53 Å². The molecule has 5 nitrogen and oxygen atoms in total. The van der Waals surface area contributed by atoms with E-state index in [0.717, 1.165) is 18.2 Å². The normalized spacial score (nSPS) is 12.5. The van der Waals surface area contributed by atoms with E-state index in [-0.39, 0.29) is 0 Å². The maximum absolute atomic E-state index is 12.0. The number of para-hydroxylation sites is 1. The van der Waals surface area contributed by atoms with Gasteiger partial charge in [0.1, 0.15) is 0 Å². The number of rotatable bonds is 6. The average Bonchev–Trinajstić information content (AvgIpc) is 2.94. The summed E-state index contributed by atoms with van der Waals surface area (Å²) < 4.78 is 6.18. The van der Waals surface area contributed by atoms with Gasteiger partial charge in [0.25, 0.3) is 0 Å². The van der Waals surface area contributed by atoms with Crippen LogP contribution in [0.3, 0.4) is 0 Å². The van der Waals surface area contributed by atoms with Crippen LogP contribution in [0.5, 0.6) is 0 Å². The number of aromatic nitrogens is 1. The third-order valence-electron chi connectivity index (χ3n) is 4.51. The van der Waals surface area contributed by atoms with Gasteiger partial charge in [-0.25, -0.2) is 4.79 Å². The van der Waals surface area contributed by atoms with Crippen molar-refractivity contribution in [2.75, 3.05) is 7.11 Å². The second-order valence-corrected chi connectivity index (χ2v) is 5.75. The van der Waals surface area contributed by atoms with Crippen molar-refractivity contribution in [3.8, 4) is 0 Å². The van der Waals surface area contributed by atoms with E-state index < -0.39 is 18.0 Å². The first kappa shape index (κ1) is 17.1. The molecule has 0 aliphatic carbocycles. The standard InChI is InChI=1S/C18H23NO4/c1-4-12(5-2)10-14(17(20)21)15-11-19(18(22)23-3)16-9-7-6-8-13(15)16/h6-9,11-12,14H,4-5,10H2,1-3H3,(H,20,21). The quantitative estimate of drug-likeness (QED) is 0.864. The number of aliphatic carboxylic acids is 1. The summed E-state index contributed by atoms with van der Waals surface area (Å²) in [6.07, 6.45) is 3.54. The molecule has 0 spiro atoms. The lowest BCUT2D eigenvalue weighted by Gasteiger charge is -2.18. The Balaban J connectivity index is 2.55. The minimum absolute atomic E-state index is 0.344. The average molecular weight is 317 g/mol. The molecule has 0 radical (unpaired) electrons. The van der Waals surface area contributed by atoms with Crippen molar-refractivity contribution >= 4 is 23.0 Å². The van der Waals surface area contributed by atoms with Crippen LogP contribution in [0, 0.1) is 5.92 Å². The highest BCUT2D eigenvalue weighted by molar-refractivity contribution is 5.95. The van der Waals surface area contributed by atoms with Crippen molar-refractivity contribution in [3.05, 3.63) is 36.0 Å². The molecule has 0 aliphatic heterocycles. The summed E-state index contributed by atoms with van der Waals surface area (Å²) in [5.74, 6) is -1.14. The molecule has 2 aromatic rings. The third kappa shape index (κ3) is 3.38. The van der Waals surface area contributed by atoms with Gasteiger partial charge in [-0.1, -0.05) is 44.9 Å². The smallest absolute Gasteiger partial charge is 0.418 e. The van der Waals surface area contributed by atoms with E-state index in [1.54, 1.807) is 12.3 Å². The van der Waals surface area contributed by atoms with Crippen molar-refractivity contribution in [2.24, 2.45) is 5.92 Å². The summed E-state index contributed by atoms with van der Waals surface area (Å²) >= 11 is 0. The van der Waals surface area contributed by atoms with E-state index in [1.807, 2.05) is 18.2 Å². The van der Waals surface area contributed by atoms with Gasteiger partial charge in [0.05, 0.1) is 18.5 Å². The van der Waals surface area contributed by atoms with Gasteiger partial charge < -0.3 is 9.84 Å². The highest BCUT2D eigenvalue weighted by atomic mass is 16.5. The molecule has 1 aromatic carbocycles. The molecule has 1 unspecified atom stereocenters. The van der Waals surface area contributed by atoms with Crippen molar-refractivity contribution in [2.45, 2.75) is 39.0 Å². The number of hydrogen-bond donors (Lipinski definition) is 1. The summed E-state index contributed by atoms with van der Waals surface area (Å²) in [6.45, 7) is 4.15. The Morgan fingerprint density at radius 1 is 1.22 bits per heavy atom. The van der Waals surface area contributed by atoms with E-state index >= 15 is 0 Å². The zero-order valence-corrected chi connectivity index (χ0v) is 13.8. The molecule has 5 heteroatoms. The molecule has 2 rings (SSSR count). The van der Waals surface area contributed by atoms with Crippen LogP contribution in [-0.4, -0.2) is 28.8 Å². The molecule has 0 saturated carbocycles. The van der Waals surface area contributed by atoms with Crippen molar-refractivity contribution < 1.29 is 19.4 Å². The first-order valence-corrected chi connectivity index (χ1v) is 7.94. The fourth-order valence-electron chi connectivity index (χ4n) is 3.05. The molecule has 0 fully saturated rings. The number of carbonyl (C=O) groups excluding carboxylic acids is 1. The van der Waals surface area contributed by atoms with Crippen LogP contribution < -0.4 is 0 Å². The SMILES string of the molecule is CCC(CC)CC(C(=O)O)c1cn(C(=O)OC)c2ccccc12. The molecule has 0 saturated heterocycles. The van der Waals surface area contributed by atoms with Crippen LogP contribution in [0.4, 0.5) is 4.79 Å². The fourth-order valence-corrected chi connectivity index (χ4v) is 3.05. The number of carboxylic acid groups (broad SMARTS) is 1. The van der Waals surface area contributed by atoms with Gasteiger partial charge in [0.15, 0.2) is 0 Å². The number of nitrogens with zero attached hydrogens (tertiary/aromatic N) is 1. The van der Waals surface area contributed by atoms with Gasteiger partial charge in [-0.3, -0.25) is 9.36 Å². The second-order valence-electron chi connectivity index (χ2n) is 5.75. The molecule has 0 amide bonds. The van der Waals surface area contributed by atoms with E-state index in [1.165, 1.54) is 11.7 Å². The topological polar surface area (TPSA) is 68.5 Å². The summed E-state index contributed by atoms with van der Waals surface area (Å²) in [6, 6.07) is 7.32. The molecule has 124 valence electrons. The Morgan fingerprint density at radius 3 is 2.43 bits per heavy atom. The van der Waals surface area contributed by atoms with Crippen LogP contribution in [0.2, 0.25) is 0 Å².